The SMILES string of the molecule is c1ccc(-c2ccc(N(c3ccc(-c4ccc5oc6ccccc6c5c4)cc3)c3ccc4c(c3)oc3c5ccccc5oc43)cc2)cc1. The van der Waals surface area contributed by atoms with Gasteiger partial charge in [-0.05, 0) is 89.0 Å². The lowest BCUT2D eigenvalue weighted by atomic mass is 10.0. The van der Waals surface area contributed by atoms with Gasteiger partial charge in [0.25, 0.3) is 0 Å². The van der Waals surface area contributed by atoms with Crippen molar-refractivity contribution in [2.75, 3.05) is 4.90 Å². The summed E-state index contributed by atoms with van der Waals surface area (Å²) in [5.41, 5.74) is 12.7. The van der Waals surface area contributed by atoms with E-state index in [2.05, 4.69) is 126 Å². The van der Waals surface area contributed by atoms with Crippen LogP contribution in [0, 0.1) is 0 Å². The summed E-state index contributed by atoms with van der Waals surface area (Å²) in [5.74, 6) is 0. The first-order chi connectivity index (χ1) is 23.8. The monoisotopic (exact) mass is 617 g/mol. The molecule has 10 rings (SSSR count). The molecule has 0 atom stereocenters. The van der Waals surface area contributed by atoms with Crippen LogP contribution in [-0.2, 0) is 0 Å². The van der Waals surface area contributed by atoms with E-state index in [9.17, 15) is 0 Å². The van der Waals surface area contributed by atoms with Crippen LogP contribution in [0.3, 0.4) is 0 Å². The molecule has 0 fully saturated rings. The highest BCUT2D eigenvalue weighted by molar-refractivity contribution is 6.13. The van der Waals surface area contributed by atoms with Crippen LogP contribution in [-0.4, -0.2) is 0 Å². The standard InChI is InChI=1S/C44H27NO3/c1-2-8-28(9-3-1)29-14-19-32(20-15-29)45(34-23-24-37-42(27-34)48-43-36-11-5-7-13-40(36)47-44(37)43)33-21-16-30(17-22-33)31-18-25-41-38(26-31)35-10-4-6-12-39(35)46-41/h1-27H. The minimum absolute atomic E-state index is 0.781. The van der Waals surface area contributed by atoms with E-state index in [0.29, 0.717) is 0 Å². The van der Waals surface area contributed by atoms with Crippen molar-refractivity contribution in [2.24, 2.45) is 0 Å². The van der Waals surface area contributed by atoms with Crippen molar-refractivity contribution in [3.63, 3.8) is 0 Å². The number of para-hydroxylation sites is 2. The molecular formula is C44H27NO3. The first kappa shape index (κ1) is 26.7. The van der Waals surface area contributed by atoms with Gasteiger partial charge in [-0.25, -0.2) is 0 Å². The van der Waals surface area contributed by atoms with E-state index in [4.69, 9.17) is 13.3 Å². The molecule has 10 aromatic rings. The Kier molecular flexibility index (Phi) is 5.84. The average Bonchev–Trinajstić information content (AvgIpc) is 3.82. The summed E-state index contributed by atoms with van der Waals surface area (Å²) >= 11 is 0. The second-order valence-electron chi connectivity index (χ2n) is 12.1. The topological polar surface area (TPSA) is 42.7 Å². The van der Waals surface area contributed by atoms with Crippen LogP contribution in [0.15, 0.2) is 177 Å². The molecule has 7 aromatic carbocycles. The molecule has 0 saturated carbocycles. The number of anilines is 3. The molecule has 0 aliphatic rings. The maximum Gasteiger partial charge on any atom is 0.181 e. The zero-order valence-corrected chi connectivity index (χ0v) is 25.8. The third-order valence-electron chi connectivity index (χ3n) is 9.30. The highest BCUT2D eigenvalue weighted by Crippen LogP contribution is 2.42. The van der Waals surface area contributed by atoms with Crippen molar-refractivity contribution in [1.29, 1.82) is 0 Å². The number of rotatable bonds is 5. The van der Waals surface area contributed by atoms with Crippen molar-refractivity contribution in [3.05, 3.63) is 164 Å². The highest BCUT2D eigenvalue weighted by atomic mass is 16.4. The fourth-order valence-electron chi connectivity index (χ4n) is 6.92. The lowest BCUT2D eigenvalue weighted by Gasteiger charge is -2.26. The molecule has 0 saturated heterocycles. The summed E-state index contributed by atoms with van der Waals surface area (Å²) in [6.45, 7) is 0. The maximum absolute atomic E-state index is 6.45. The van der Waals surface area contributed by atoms with Crippen molar-refractivity contribution in [2.45, 2.75) is 0 Å². The molecule has 4 nitrogen and oxygen atoms in total. The van der Waals surface area contributed by atoms with Crippen LogP contribution < -0.4 is 4.90 Å². The van der Waals surface area contributed by atoms with Crippen molar-refractivity contribution in [3.8, 4) is 22.3 Å². The van der Waals surface area contributed by atoms with Crippen LogP contribution in [0.2, 0.25) is 0 Å². The molecule has 3 heterocycles. The molecule has 0 bridgehead atoms. The summed E-state index contributed by atoms with van der Waals surface area (Å²) in [7, 11) is 0. The molecule has 4 heteroatoms. The number of benzene rings is 7. The van der Waals surface area contributed by atoms with Gasteiger partial charge in [-0.3, -0.25) is 0 Å². The van der Waals surface area contributed by atoms with Crippen molar-refractivity contribution >= 4 is 72.1 Å². The molecule has 0 aliphatic carbocycles. The predicted octanol–water partition coefficient (Wildman–Crippen LogP) is 13.0. The van der Waals surface area contributed by atoms with E-state index < -0.39 is 0 Å². The average molecular weight is 618 g/mol. The van der Waals surface area contributed by atoms with E-state index in [0.717, 1.165) is 83.2 Å². The molecule has 0 radical (unpaired) electrons. The summed E-state index contributed by atoms with van der Waals surface area (Å²) in [6.07, 6.45) is 0. The van der Waals surface area contributed by atoms with Gasteiger partial charge in [0.15, 0.2) is 11.2 Å². The Morgan fingerprint density at radius 3 is 1.52 bits per heavy atom. The van der Waals surface area contributed by atoms with Gasteiger partial charge in [-0.2, -0.15) is 0 Å². The Morgan fingerprint density at radius 2 is 0.792 bits per heavy atom. The van der Waals surface area contributed by atoms with Crippen LogP contribution in [0.4, 0.5) is 17.1 Å². The Labute approximate surface area is 275 Å². The summed E-state index contributed by atoms with van der Waals surface area (Å²) in [4.78, 5) is 2.27. The smallest absolute Gasteiger partial charge is 0.181 e. The van der Waals surface area contributed by atoms with Crippen LogP contribution in [0.5, 0.6) is 0 Å². The molecule has 226 valence electrons. The van der Waals surface area contributed by atoms with Crippen molar-refractivity contribution < 1.29 is 13.3 Å². The normalized spacial score (nSPS) is 11.8. The number of hydrogen-bond acceptors (Lipinski definition) is 4. The summed E-state index contributed by atoms with van der Waals surface area (Å²) in [6, 6.07) is 56.9. The summed E-state index contributed by atoms with van der Waals surface area (Å²) < 4.78 is 18.7. The van der Waals surface area contributed by atoms with E-state index in [1.165, 1.54) is 11.1 Å². The number of hydrogen-bond donors (Lipinski definition) is 0. The predicted molar refractivity (Wildman–Crippen MR) is 196 cm³/mol. The van der Waals surface area contributed by atoms with Gasteiger partial charge in [0.1, 0.15) is 22.3 Å². The van der Waals surface area contributed by atoms with Gasteiger partial charge >= 0.3 is 0 Å². The van der Waals surface area contributed by atoms with Gasteiger partial charge in [-0.15, -0.1) is 0 Å². The molecule has 0 unspecified atom stereocenters. The van der Waals surface area contributed by atoms with Crippen LogP contribution >= 0.6 is 0 Å². The van der Waals surface area contributed by atoms with E-state index >= 15 is 0 Å². The van der Waals surface area contributed by atoms with E-state index in [1.807, 2.05) is 42.5 Å². The maximum atomic E-state index is 6.45. The number of fused-ring (bicyclic) bond motifs is 8. The zero-order valence-electron chi connectivity index (χ0n) is 25.8. The molecule has 0 aliphatic heterocycles. The van der Waals surface area contributed by atoms with Crippen LogP contribution in [0.25, 0.3) is 77.3 Å². The molecule has 0 spiro atoms. The molecule has 0 amide bonds. The largest absolute Gasteiger partial charge is 0.456 e. The second-order valence-corrected chi connectivity index (χ2v) is 12.1. The van der Waals surface area contributed by atoms with Gasteiger partial charge in [0, 0.05) is 33.9 Å². The van der Waals surface area contributed by atoms with Crippen LogP contribution in [0.1, 0.15) is 0 Å². The Morgan fingerprint density at radius 1 is 0.292 bits per heavy atom. The Bertz CT molecular complexity index is 2770. The first-order valence-corrected chi connectivity index (χ1v) is 16.1. The lowest BCUT2D eigenvalue weighted by Crippen LogP contribution is -2.09. The van der Waals surface area contributed by atoms with E-state index in [1.54, 1.807) is 0 Å². The highest BCUT2D eigenvalue weighted by Gasteiger charge is 2.19. The fourth-order valence-corrected chi connectivity index (χ4v) is 6.92. The minimum Gasteiger partial charge on any atom is -0.456 e. The van der Waals surface area contributed by atoms with E-state index in [-0.39, 0.29) is 0 Å². The lowest BCUT2D eigenvalue weighted by molar-refractivity contribution is 0.653. The molecular weight excluding hydrogens is 590 g/mol. The Balaban J connectivity index is 1.08. The van der Waals surface area contributed by atoms with Gasteiger partial charge in [-0.1, -0.05) is 91.0 Å². The quantitative estimate of drug-likeness (QED) is 0.193. The zero-order chi connectivity index (χ0) is 31.6. The fraction of sp³-hybridized carbons (Fsp3) is 0. The number of nitrogens with zero attached hydrogens (tertiary/aromatic N) is 1. The first-order valence-electron chi connectivity index (χ1n) is 16.1. The molecule has 0 N–H and O–H groups in total. The molecule has 3 aromatic heterocycles. The van der Waals surface area contributed by atoms with Gasteiger partial charge in [0.2, 0.25) is 0 Å². The second kappa shape index (κ2) is 10.5. The number of furan rings is 3. The van der Waals surface area contributed by atoms with Gasteiger partial charge < -0.3 is 18.2 Å². The minimum atomic E-state index is 0.781. The van der Waals surface area contributed by atoms with Crippen molar-refractivity contribution in [1.82, 2.24) is 0 Å². The van der Waals surface area contributed by atoms with Gasteiger partial charge in [0.05, 0.1) is 10.8 Å². The molecule has 48 heavy (non-hydrogen) atoms. The summed E-state index contributed by atoms with van der Waals surface area (Å²) in [5, 5.41) is 4.19. The third-order valence-corrected chi connectivity index (χ3v) is 9.30. The Hall–Kier alpha value is -6.52. The third kappa shape index (κ3) is 4.24.